The molecule has 0 aromatic heterocycles. The van der Waals surface area contributed by atoms with E-state index in [2.05, 4.69) is 0 Å². The normalized spacial score (nSPS) is 15.9. The minimum absolute atomic E-state index is 0.166. The lowest BCUT2D eigenvalue weighted by Gasteiger charge is -2.16. The average molecular weight is 279 g/mol. The molecule has 1 amide bonds. The second-order valence-electron chi connectivity index (χ2n) is 4.32. The quantitative estimate of drug-likeness (QED) is 0.852. The van der Waals surface area contributed by atoms with Gasteiger partial charge in [0.05, 0.1) is 5.57 Å². The molecule has 0 saturated carbocycles. The Bertz CT molecular complexity index is 678. The zero-order valence-electron chi connectivity index (χ0n) is 10.5. The van der Waals surface area contributed by atoms with Gasteiger partial charge in [-0.2, -0.15) is 18.4 Å². The Kier molecular flexibility index (Phi) is 3.47. The maximum Gasteiger partial charge on any atom is 0.418 e. The summed E-state index contributed by atoms with van der Waals surface area (Å²) in [6, 6.07) is 8.14. The SMILES string of the molecule is Cc1ccccc1C1=CC(C(F)(F)F)=C(C#N)C(=O)[NH2+]1. The molecule has 6 heteroatoms. The lowest BCUT2D eigenvalue weighted by Crippen LogP contribution is -2.86. The lowest BCUT2D eigenvalue weighted by atomic mass is 9.97. The number of halogens is 3. The number of primary amides is 1. The van der Waals surface area contributed by atoms with Gasteiger partial charge in [0.1, 0.15) is 11.8 Å². The van der Waals surface area contributed by atoms with Crippen LogP contribution in [0.3, 0.4) is 0 Å². The van der Waals surface area contributed by atoms with E-state index in [1.807, 2.05) is 0 Å². The van der Waals surface area contributed by atoms with Gasteiger partial charge in [0.2, 0.25) is 0 Å². The van der Waals surface area contributed by atoms with Gasteiger partial charge < -0.3 is 0 Å². The third-order valence-electron chi connectivity index (χ3n) is 2.98. The van der Waals surface area contributed by atoms with Gasteiger partial charge in [0.25, 0.3) is 0 Å². The van der Waals surface area contributed by atoms with E-state index in [9.17, 15) is 18.0 Å². The highest BCUT2D eigenvalue weighted by molar-refractivity contribution is 5.96. The standard InChI is InChI=1S/C14H9F3N2O/c1-8-4-2-3-5-9(8)12-6-11(14(15,16)17)10(7-18)13(20)19-12/h2-6H,1H3,(H,19,20)/p+1. The number of nitrogens with two attached hydrogens (primary N) is 1. The molecule has 0 unspecified atom stereocenters. The van der Waals surface area contributed by atoms with Gasteiger partial charge in [-0.1, -0.05) is 18.2 Å². The number of quaternary nitrogens is 1. The number of nitriles is 1. The van der Waals surface area contributed by atoms with Gasteiger partial charge in [0, 0.05) is 11.6 Å². The summed E-state index contributed by atoms with van der Waals surface area (Å²) in [7, 11) is 0. The van der Waals surface area contributed by atoms with Crippen molar-refractivity contribution in [3.8, 4) is 6.07 Å². The van der Waals surface area contributed by atoms with Crippen molar-refractivity contribution in [3.63, 3.8) is 0 Å². The molecule has 0 fully saturated rings. The molecule has 0 aliphatic carbocycles. The number of hydrogen-bond donors (Lipinski definition) is 1. The summed E-state index contributed by atoms with van der Waals surface area (Å²) in [4.78, 5) is 11.7. The molecule has 1 aromatic carbocycles. The summed E-state index contributed by atoms with van der Waals surface area (Å²) in [6.07, 6.45) is -3.88. The van der Waals surface area contributed by atoms with Crippen molar-refractivity contribution in [2.75, 3.05) is 0 Å². The monoisotopic (exact) mass is 279 g/mol. The van der Waals surface area contributed by atoms with Gasteiger partial charge >= 0.3 is 12.1 Å². The van der Waals surface area contributed by atoms with Crippen molar-refractivity contribution < 1.29 is 23.3 Å². The Hall–Kier alpha value is -2.39. The molecule has 2 rings (SSSR count). The average Bonchev–Trinajstić information content (AvgIpc) is 2.37. The number of benzene rings is 1. The van der Waals surface area contributed by atoms with Crippen molar-refractivity contribution in [1.29, 1.82) is 5.26 Å². The van der Waals surface area contributed by atoms with Gasteiger partial charge in [-0.15, -0.1) is 0 Å². The van der Waals surface area contributed by atoms with Crippen LogP contribution in [0.1, 0.15) is 11.1 Å². The molecule has 20 heavy (non-hydrogen) atoms. The summed E-state index contributed by atoms with van der Waals surface area (Å²) >= 11 is 0. The van der Waals surface area contributed by atoms with Crippen LogP contribution in [0.25, 0.3) is 5.70 Å². The third-order valence-corrected chi connectivity index (χ3v) is 2.98. The minimum atomic E-state index is -4.73. The van der Waals surface area contributed by atoms with E-state index in [1.165, 1.54) is 6.07 Å². The first kappa shape index (κ1) is 14.0. The van der Waals surface area contributed by atoms with Gasteiger partial charge in [-0.25, -0.2) is 10.1 Å². The first-order valence-electron chi connectivity index (χ1n) is 5.73. The Labute approximate surface area is 113 Å². The summed E-state index contributed by atoms with van der Waals surface area (Å²) in [5.74, 6) is -0.916. The molecule has 1 heterocycles. The van der Waals surface area contributed by atoms with E-state index < -0.39 is 23.2 Å². The number of carbonyl (C=O) groups excluding carboxylic acids is 1. The van der Waals surface area contributed by atoms with Crippen LogP contribution in [-0.4, -0.2) is 12.1 Å². The molecule has 0 atom stereocenters. The Balaban J connectivity index is 2.62. The largest absolute Gasteiger partial charge is 0.418 e. The van der Waals surface area contributed by atoms with E-state index in [0.717, 1.165) is 17.0 Å². The third kappa shape index (κ3) is 2.49. The first-order chi connectivity index (χ1) is 9.34. The predicted octanol–water partition coefficient (Wildman–Crippen LogP) is 1.82. The number of carbonyl (C=O) groups is 1. The second kappa shape index (κ2) is 4.94. The molecule has 102 valence electrons. The zero-order valence-corrected chi connectivity index (χ0v) is 10.5. The fourth-order valence-corrected chi connectivity index (χ4v) is 2.01. The van der Waals surface area contributed by atoms with E-state index >= 15 is 0 Å². The van der Waals surface area contributed by atoms with Crippen LogP contribution in [0, 0.1) is 18.3 Å². The molecular weight excluding hydrogens is 269 g/mol. The molecule has 0 bridgehead atoms. The van der Waals surface area contributed by atoms with Crippen LogP contribution < -0.4 is 5.32 Å². The number of allylic oxidation sites excluding steroid dienone is 2. The van der Waals surface area contributed by atoms with E-state index in [-0.39, 0.29) is 5.70 Å². The van der Waals surface area contributed by atoms with Crippen LogP contribution in [-0.2, 0) is 4.79 Å². The van der Waals surface area contributed by atoms with Crippen molar-refractivity contribution in [2.24, 2.45) is 0 Å². The highest BCUT2D eigenvalue weighted by atomic mass is 19.4. The molecule has 1 aliphatic heterocycles. The fraction of sp³-hybridized carbons (Fsp3) is 0.143. The van der Waals surface area contributed by atoms with Crippen LogP contribution in [0.15, 0.2) is 41.5 Å². The van der Waals surface area contributed by atoms with E-state index in [0.29, 0.717) is 5.56 Å². The molecule has 0 spiro atoms. The number of aryl methyl sites for hydroxylation is 1. The molecule has 0 saturated heterocycles. The van der Waals surface area contributed by atoms with Crippen LogP contribution >= 0.6 is 0 Å². The van der Waals surface area contributed by atoms with Crippen molar-refractivity contribution in [2.45, 2.75) is 13.1 Å². The molecule has 1 aromatic rings. The molecule has 1 aliphatic rings. The Morgan fingerprint density at radius 3 is 2.45 bits per heavy atom. The van der Waals surface area contributed by atoms with Gasteiger partial charge in [-0.05, 0) is 18.6 Å². The van der Waals surface area contributed by atoms with E-state index in [1.54, 1.807) is 31.2 Å². The second-order valence-corrected chi connectivity index (χ2v) is 4.32. The van der Waals surface area contributed by atoms with Crippen molar-refractivity contribution >= 4 is 11.6 Å². The molecule has 0 radical (unpaired) electrons. The van der Waals surface area contributed by atoms with Gasteiger partial charge in [-0.3, -0.25) is 0 Å². The predicted molar refractivity (Wildman–Crippen MR) is 64.8 cm³/mol. The fourth-order valence-electron chi connectivity index (χ4n) is 2.01. The van der Waals surface area contributed by atoms with Crippen molar-refractivity contribution in [1.82, 2.24) is 0 Å². The first-order valence-corrected chi connectivity index (χ1v) is 5.73. The summed E-state index contributed by atoms with van der Waals surface area (Å²) < 4.78 is 38.8. The maximum absolute atomic E-state index is 12.9. The highest BCUT2D eigenvalue weighted by Gasteiger charge is 2.42. The number of hydrogen-bond acceptors (Lipinski definition) is 2. The smallest absolute Gasteiger partial charge is 0.245 e. The van der Waals surface area contributed by atoms with Crippen LogP contribution in [0.5, 0.6) is 0 Å². The number of amides is 1. The lowest BCUT2D eigenvalue weighted by molar-refractivity contribution is -0.471. The molecule has 3 nitrogen and oxygen atoms in total. The minimum Gasteiger partial charge on any atom is -0.245 e. The Morgan fingerprint density at radius 2 is 1.90 bits per heavy atom. The Morgan fingerprint density at radius 1 is 1.25 bits per heavy atom. The van der Waals surface area contributed by atoms with Crippen LogP contribution in [0.4, 0.5) is 13.2 Å². The van der Waals surface area contributed by atoms with Crippen molar-refractivity contribution in [3.05, 3.63) is 52.6 Å². The van der Waals surface area contributed by atoms with E-state index in [4.69, 9.17) is 5.26 Å². The van der Waals surface area contributed by atoms with Crippen LogP contribution in [0.2, 0.25) is 0 Å². The maximum atomic E-state index is 12.9. The highest BCUT2D eigenvalue weighted by Crippen LogP contribution is 2.32. The summed E-state index contributed by atoms with van der Waals surface area (Å²) in [5.41, 5.74) is -0.593. The molecule has 2 N–H and O–H groups in total. The summed E-state index contributed by atoms with van der Waals surface area (Å²) in [5, 5.41) is 9.79. The zero-order chi connectivity index (χ0) is 14.9. The summed E-state index contributed by atoms with van der Waals surface area (Å²) in [6.45, 7) is 1.74. The number of nitrogens with zero attached hydrogens (tertiary/aromatic N) is 1. The number of rotatable bonds is 1. The topological polar surface area (TPSA) is 57.5 Å². The van der Waals surface area contributed by atoms with Gasteiger partial charge in [0.15, 0.2) is 5.57 Å². The molecular formula is C14H10F3N2O+. The number of alkyl halides is 3.